The fraction of sp³-hybridized carbons (Fsp3) is 0.625. The van der Waals surface area contributed by atoms with Gasteiger partial charge in [0, 0.05) is 6.54 Å². The Labute approximate surface area is 134 Å². The van der Waals surface area contributed by atoms with Crippen molar-refractivity contribution in [3.05, 3.63) is 0 Å². The SMILES string of the molecule is [B]NPOC(=O)NC(=NC[C@H]1CCNC1)NC(=O)OPN[B]. The minimum absolute atomic E-state index is 0.0643. The number of nitrogens with zero attached hydrogens (tertiary/aromatic N) is 1. The van der Waals surface area contributed by atoms with Gasteiger partial charge in [0.05, 0.1) is 0 Å². The van der Waals surface area contributed by atoms with E-state index in [9.17, 15) is 9.59 Å². The van der Waals surface area contributed by atoms with E-state index in [0.717, 1.165) is 19.5 Å². The molecule has 2 amide bonds. The minimum Gasteiger partial charge on any atom is -0.416 e. The lowest BCUT2D eigenvalue weighted by Gasteiger charge is -2.12. The normalized spacial score (nSPS) is 17.7. The molecule has 0 aromatic heterocycles. The number of hydrogen-bond acceptors (Lipinski definition) is 8. The van der Waals surface area contributed by atoms with Gasteiger partial charge in [0.25, 0.3) is 0 Å². The van der Waals surface area contributed by atoms with Crippen molar-refractivity contribution < 1.29 is 18.6 Å². The number of guanidine groups is 1. The summed E-state index contributed by atoms with van der Waals surface area (Å²) in [5, 5.41) is 7.80. The Balaban J connectivity index is 2.52. The second-order valence-electron chi connectivity index (χ2n) is 4.07. The van der Waals surface area contributed by atoms with Crippen molar-refractivity contribution in [2.45, 2.75) is 6.42 Å². The molecule has 118 valence electrons. The maximum Gasteiger partial charge on any atom is 0.417 e. The lowest BCUT2D eigenvalue weighted by atomic mass is 10.1. The Bertz CT molecular complexity index is 375. The lowest BCUT2D eigenvalue weighted by Crippen LogP contribution is -2.44. The highest BCUT2D eigenvalue weighted by Gasteiger charge is 2.16. The number of nitrogens with one attached hydrogen (secondary N) is 5. The largest absolute Gasteiger partial charge is 0.417 e. The Hall–Kier alpha value is -0.920. The molecule has 1 rings (SSSR count). The molecule has 1 heterocycles. The van der Waals surface area contributed by atoms with Crippen LogP contribution in [0.4, 0.5) is 9.59 Å². The first kappa shape index (κ1) is 19.1. The smallest absolute Gasteiger partial charge is 0.416 e. The van der Waals surface area contributed by atoms with Crippen molar-refractivity contribution in [2.24, 2.45) is 10.9 Å². The van der Waals surface area contributed by atoms with Crippen LogP contribution in [0.1, 0.15) is 6.42 Å². The molecule has 1 aliphatic heterocycles. The average Bonchev–Trinajstić information content (AvgIpc) is 3.02. The van der Waals surface area contributed by atoms with Crippen LogP contribution in [0.15, 0.2) is 4.99 Å². The molecule has 22 heavy (non-hydrogen) atoms. The fourth-order valence-corrected chi connectivity index (χ4v) is 2.00. The second kappa shape index (κ2) is 11.6. The summed E-state index contributed by atoms with van der Waals surface area (Å²) < 4.78 is 9.36. The van der Waals surface area contributed by atoms with Crippen molar-refractivity contribution in [1.29, 1.82) is 0 Å². The Kier molecular flexibility index (Phi) is 10.1. The van der Waals surface area contributed by atoms with E-state index in [-0.39, 0.29) is 5.96 Å². The van der Waals surface area contributed by atoms with Crippen LogP contribution in [-0.4, -0.2) is 53.7 Å². The van der Waals surface area contributed by atoms with Gasteiger partial charge < -0.3 is 24.4 Å². The summed E-state index contributed by atoms with van der Waals surface area (Å²) >= 11 is 0. The van der Waals surface area contributed by atoms with Gasteiger partial charge in [0.1, 0.15) is 17.9 Å². The average molecular weight is 344 g/mol. The first-order valence-electron chi connectivity index (χ1n) is 6.27. The predicted molar refractivity (Wildman–Crippen MR) is 86.9 cm³/mol. The fourth-order valence-electron chi connectivity index (χ4n) is 1.60. The molecule has 5 N–H and O–H groups in total. The first-order valence-corrected chi connectivity index (χ1v) is 8.09. The molecule has 0 saturated carbocycles. The zero-order valence-electron chi connectivity index (χ0n) is 11.6. The van der Waals surface area contributed by atoms with Crippen LogP contribution in [0.2, 0.25) is 0 Å². The number of carbonyl (C=O) groups is 2. The summed E-state index contributed by atoms with van der Waals surface area (Å²) in [5.74, 6) is 0.274. The highest BCUT2D eigenvalue weighted by Crippen LogP contribution is 2.08. The monoisotopic (exact) mass is 344 g/mol. The first-order chi connectivity index (χ1) is 10.7. The van der Waals surface area contributed by atoms with Crippen LogP contribution < -0.4 is 25.9 Å². The van der Waals surface area contributed by atoms with Crippen molar-refractivity contribution in [3.8, 4) is 0 Å². The summed E-state index contributed by atoms with van der Waals surface area (Å²) in [6.07, 6.45) is -0.638. The maximum absolute atomic E-state index is 11.5. The van der Waals surface area contributed by atoms with Crippen LogP contribution in [-0.2, 0) is 9.05 Å². The molecule has 0 aliphatic carbocycles. The zero-order valence-corrected chi connectivity index (χ0v) is 13.6. The Morgan fingerprint density at radius 2 is 1.77 bits per heavy atom. The van der Waals surface area contributed by atoms with Gasteiger partial charge in [0.2, 0.25) is 5.96 Å². The van der Waals surface area contributed by atoms with E-state index < -0.39 is 30.1 Å². The molecule has 0 bridgehead atoms. The molecule has 4 radical (unpaired) electrons. The molecule has 10 nitrogen and oxygen atoms in total. The van der Waals surface area contributed by atoms with Gasteiger partial charge in [-0.3, -0.25) is 15.6 Å². The number of hydrogen-bond donors (Lipinski definition) is 5. The van der Waals surface area contributed by atoms with E-state index in [1.807, 2.05) is 0 Å². The topological polar surface area (TPSA) is 125 Å². The summed E-state index contributed by atoms with van der Waals surface area (Å²) in [5.41, 5.74) is 0. The van der Waals surface area contributed by atoms with Crippen molar-refractivity contribution >= 4 is 52.0 Å². The van der Waals surface area contributed by atoms with Crippen molar-refractivity contribution in [2.75, 3.05) is 19.6 Å². The van der Waals surface area contributed by atoms with Crippen molar-refractivity contribution in [3.63, 3.8) is 0 Å². The van der Waals surface area contributed by atoms with E-state index in [4.69, 9.17) is 16.0 Å². The molecule has 0 aromatic carbocycles. The van der Waals surface area contributed by atoms with Crippen LogP contribution >= 0.6 is 17.9 Å². The van der Waals surface area contributed by atoms with Gasteiger partial charge in [-0.25, -0.2) is 9.59 Å². The maximum atomic E-state index is 11.5. The summed E-state index contributed by atoms with van der Waals surface area (Å²) in [7, 11) is 9.15. The zero-order chi connectivity index (χ0) is 16.2. The number of aliphatic imine (C=N–C) groups is 1. The van der Waals surface area contributed by atoms with Gasteiger partial charge >= 0.3 is 12.2 Å². The van der Waals surface area contributed by atoms with Crippen LogP contribution in [0.25, 0.3) is 0 Å². The van der Waals surface area contributed by atoms with Gasteiger partial charge in [-0.15, -0.1) is 0 Å². The van der Waals surface area contributed by atoms with E-state index >= 15 is 0 Å². The Morgan fingerprint density at radius 1 is 1.18 bits per heavy atom. The number of carbonyl (C=O) groups excluding carboxylic acids is 2. The van der Waals surface area contributed by atoms with Crippen LogP contribution in [0, 0.1) is 5.92 Å². The molecule has 0 aromatic rings. The molecule has 14 heteroatoms. The summed E-state index contributed by atoms with van der Waals surface area (Å²) in [6, 6.07) is 0. The van der Waals surface area contributed by atoms with Crippen molar-refractivity contribution in [1.82, 2.24) is 25.9 Å². The number of amides is 2. The minimum atomic E-state index is -0.806. The van der Waals surface area contributed by atoms with E-state index in [0.29, 0.717) is 12.5 Å². The highest BCUT2D eigenvalue weighted by atomic mass is 31.1. The van der Waals surface area contributed by atoms with Gasteiger partial charge in [0.15, 0.2) is 16.0 Å². The standard InChI is InChI=1S/C8H16B2N6O4P2/c9-15-21-19-7(17)13-6(14-8(18)20-22-16-10)12-4-5-1-2-11-3-5/h5,11,15-16,21-22H,1-4H2,(H2,12,13,14,17,18)/t5-/m0/s1. The molecule has 0 spiro atoms. The molecule has 1 fully saturated rings. The highest BCUT2D eigenvalue weighted by molar-refractivity contribution is 7.32. The van der Waals surface area contributed by atoms with Gasteiger partial charge in [-0.2, -0.15) is 0 Å². The molecule has 3 atom stereocenters. The van der Waals surface area contributed by atoms with E-state index in [2.05, 4.69) is 40.0 Å². The van der Waals surface area contributed by atoms with Gasteiger partial charge in [-0.1, -0.05) is 0 Å². The quantitative estimate of drug-likeness (QED) is 0.177. The molecular weight excluding hydrogens is 328 g/mol. The third-order valence-corrected chi connectivity index (χ3v) is 3.33. The number of rotatable bonds is 6. The third kappa shape index (κ3) is 8.50. The lowest BCUT2D eigenvalue weighted by molar-refractivity contribution is 0.209. The Morgan fingerprint density at radius 3 is 2.23 bits per heavy atom. The molecule has 1 saturated heterocycles. The second-order valence-corrected chi connectivity index (χ2v) is 5.46. The molecule has 2 unspecified atom stereocenters. The third-order valence-electron chi connectivity index (χ3n) is 2.52. The van der Waals surface area contributed by atoms with Gasteiger partial charge in [-0.05, 0) is 25.4 Å². The van der Waals surface area contributed by atoms with Crippen LogP contribution in [0.5, 0.6) is 0 Å². The predicted octanol–water partition coefficient (Wildman–Crippen LogP) is -1.23. The van der Waals surface area contributed by atoms with E-state index in [1.165, 1.54) is 0 Å². The summed E-state index contributed by atoms with van der Waals surface area (Å²) in [6.45, 7) is 2.20. The van der Waals surface area contributed by atoms with E-state index in [1.54, 1.807) is 0 Å². The summed E-state index contributed by atoms with van der Waals surface area (Å²) in [4.78, 5) is 31.5. The van der Waals surface area contributed by atoms with Crippen LogP contribution in [0.3, 0.4) is 0 Å². The molecular formula is C8H16B2N6O4P2. The molecule has 1 aliphatic rings.